The molecule has 3 heterocycles. The van der Waals surface area contributed by atoms with Crippen LogP contribution in [0.4, 0.5) is 0 Å². The summed E-state index contributed by atoms with van der Waals surface area (Å²) >= 11 is 0. The minimum absolute atomic E-state index is 0.147. The van der Waals surface area contributed by atoms with Crippen LogP contribution in [-0.4, -0.2) is 142 Å². The van der Waals surface area contributed by atoms with Gasteiger partial charge in [0.05, 0.1) is 12.6 Å². The third-order valence-corrected chi connectivity index (χ3v) is 10.7. The molecule has 8 N–H and O–H groups in total. The van der Waals surface area contributed by atoms with Gasteiger partial charge in [0, 0.05) is 19.5 Å². The first-order valence-corrected chi connectivity index (χ1v) is 19.3. The Labute approximate surface area is 320 Å². The lowest BCUT2D eigenvalue weighted by atomic mass is 9.96. The molecule has 0 aromatic carbocycles. The van der Waals surface area contributed by atoms with E-state index in [1.54, 1.807) is 13.8 Å². The molecule has 0 aromatic rings. The normalized spacial score (nSPS) is 22.1. The second kappa shape index (κ2) is 21.3. The fourth-order valence-corrected chi connectivity index (χ4v) is 7.11. The molecule has 3 aliphatic rings. The Balaban J connectivity index is 1.72. The Kier molecular flexibility index (Phi) is 17.3. The van der Waals surface area contributed by atoms with Gasteiger partial charge >= 0.3 is 11.9 Å². The van der Waals surface area contributed by atoms with E-state index in [-0.39, 0.29) is 37.8 Å². The second-order valence-electron chi connectivity index (χ2n) is 14.7. The van der Waals surface area contributed by atoms with Gasteiger partial charge < -0.3 is 51.9 Å². The summed E-state index contributed by atoms with van der Waals surface area (Å²) in [4.78, 5) is 119. The lowest BCUT2D eigenvalue weighted by Crippen LogP contribution is -2.60. The van der Waals surface area contributed by atoms with Crippen LogP contribution in [0, 0.1) is 11.8 Å². The number of hydrogen-bond acceptors (Lipinski definition) is 10. The summed E-state index contributed by atoms with van der Waals surface area (Å²) in [5.41, 5.74) is 0. The second-order valence-corrected chi connectivity index (χ2v) is 14.7. The molecule has 0 spiro atoms. The maximum Gasteiger partial charge on any atom is 0.322 e. The molecule has 3 rings (SSSR count). The summed E-state index contributed by atoms with van der Waals surface area (Å²) < 4.78 is 0. The monoisotopic (exact) mass is 778 g/mol. The van der Waals surface area contributed by atoms with Gasteiger partial charge in [0.1, 0.15) is 36.8 Å². The van der Waals surface area contributed by atoms with E-state index in [9.17, 15) is 48.3 Å². The summed E-state index contributed by atoms with van der Waals surface area (Å²) in [6.45, 7) is 7.18. The van der Waals surface area contributed by atoms with Gasteiger partial charge in [0.15, 0.2) is 0 Å². The van der Waals surface area contributed by atoms with Gasteiger partial charge in [-0.1, -0.05) is 40.5 Å². The molecule has 7 amide bonds. The van der Waals surface area contributed by atoms with E-state index in [4.69, 9.17) is 5.11 Å². The van der Waals surface area contributed by atoms with Crippen molar-refractivity contribution in [2.24, 2.45) is 11.8 Å². The van der Waals surface area contributed by atoms with Crippen LogP contribution < -0.4 is 31.9 Å². The van der Waals surface area contributed by atoms with Crippen LogP contribution in [0.5, 0.6) is 0 Å². The predicted octanol–water partition coefficient (Wildman–Crippen LogP) is -1.55. The van der Waals surface area contributed by atoms with Gasteiger partial charge in [-0.3, -0.25) is 43.2 Å². The summed E-state index contributed by atoms with van der Waals surface area (Å²) in [5, 5.41) is 34.2. The average Bonchev–Trinajstić information content (AvgIpc) is 3.97. The van der Waals surface area contributed by atoms with Crippen LogP contribution in [0.3, 0.4) is 0 Å². The minimum Gasteiger partial charge on any atom is -0.481 e. The number of aliphatic carboxylic acids is 2. The highest BCUT2D eigenvalue weighted by atomic mass is 16.4. The molecule has 0 unspecified atom stereocenters. The van der Waals surface area contributed by atoms with E-state index in [1.807, 2.05) is 13.8 Å². The lowest BCUT2D eigenvalue weighted by Gasteiger charge is -2.34. The van der Waals surface area contributed by atoms with Crippen molar-refractivity contribution < 1.29 is 53.4 Å². The standard InChI is InChI=1S/C36H58N8O11/c1-5-20(3)29(34(53)39-19-28(48)49)41-32(51)25-12-9-17-44(25)36(55)30(21(4)6-2)42-33(52)24-11-8-16-43(24)35(54)23(13-14-27(46)47)40-26(45)18-38-31(50)22-10-7-15-37-22/h20-25,29-30,37H,5-19H2,1-4H3,(H,38,50)(H,39,53)(H,40,45)(H,41,51)(H,42,52)(H,46,47)(H,48,49)/t20-,21-,22-,23-,24-,25-,29-,30-/m0/s1. The minimum atomic E-state index is -1.29. The largest absolute Gasteiger partial charge is 0.481 e. The van der Waals surface area contributed by atoms with Gasteiger partial charge in [0.25, 0.3) is 0 Å². The molecule has 0 bridgehead atoms. The Morgan fingerprint density at radius 3 is 1.76 bits per heavy atom. The molecule has 8 atom stereocenters. The summed E-state index contributed by atoms with van der Waals surface area (Å²) in [7, 11) is 0. The molecule has 0 aromatic heterocycles. The van der Waals surface area contributed by atoms with E-state index in [0.717, 1.165) is 6.42 Å². The van der Waals surface area contributed by atoms with Crippen molar-refractivity contribution in [3.8, 4) is 0 Å². The molecular weight excluding hydrogens is 720 g/mol. The van der Waals surface area contributed by atoms with Crippen LogP contribution in [0.25, 0.3) is 0 Å². The predicted molar refractivity (Wildman–Crippen MR) is 196 cm³/mol. The van der Waals surface area contributed by atoms with Crippen LogP contribution >= 0.6 is 0 Å². The molecule has 0 aliphatic carbocycles. The maximum atomic E-state index is 14.2. The van der Waals surface area contributed by atoms with Crippen LogP contribution in [0.2, 0.25) is 0 Å². The molecule has 19 nitrogen and oxygen atoms in total. The molecule has 19 heteroatoms. The van der Waals surface area contributed by atoms with Crippen molar-refractivity contribution in [2.45, 2.75) is 128 Å². The third kappa shape index (κ3) is 12.6. The number of carbonyl (C=O) groups excluding carboxylic acids is 7. The number of carboxylic acid groups (broad SMARTS) is 2. The summed E-state index contributed by atoms with van der Waals surface area (Å²) in [5.74, 6) is -7.24. The van der Waals surface area contributed by atoms with Crippen molar-refractivity contribution in [1.82, 2.24) is 41.7 Å². The number of rotatable bonds is 20. The number of nitrogens with one attached hydrogen (secondary N) is 6. The SMILES string of the molecule is CC[C@H](C)[C@H](NC(=O)[C@@H]1CCCN1C(=O)[C@@H](NC(=O)[C@@H]1CCCN1C(=O)[C@H](CCC(=O)O)NC(=O)CNC(=O)[C@@H]1CCCN1)[C@@H](C)CC)C(=O)NCC(=O)O. The van der Waals surface area contributed by atoms with Crippen molar-refractivity contribution in [2.75, 3.05) is 32.7 Å². The quantitative estimate of drug-likeness (QED) is 0.0698. The average molecular weight is 779 g/mol. The lowest BCUT2D eigenvalue weighted by molar-refractivity contribution is -0.146. The molecule has 3 saturated heterocycles. The first-order valence-electron chi connectivity index (χ1n) is 19.3. The topological polar surface area (TPSA) is 273 Å². The molecule has 308 valence electrons. The van der Waals surface area contributed by atoms with Crippen LogP contribution in [-0.2, 0) is 43.2 Å². The van der Waals surface area contributed by atoms with Crippen molar-refractivity contribution in [3.05, 3.63) is 0 Å². The zero-order chi connectivity index (χ0) is 40.8. The summed E-state index contributed by atoms with van der Waals surface area (Å²) in [6.07, 6.45) is 3.20. The van der Waals surface area contributed by atoms with Gasteiger partial charge in [0.2, 0.25) is 41.4 Å². The maximum absolute atomic E-state index is 14.2. The highest BCUT2D eigenvalue weighted by molar-refractivity contribution is 5.97. The van der Waals surface area contributed by atoms with Crippen LogP contribution in [0.15, 0.2) is 0 Å². The van der Waals surface area contributed by atoms with E-state index in [0.29, 0.717) is 45.1 Å². The zero-order valence-electron chi connectivity index (χ0n) is 32.2. The number of carboxylic acids is 2. The van der Waals surface area contributed by atoms with Gasteiger partial charge in [-0.15, -0.1) is 0 Å². The molecule has 0 saturated carbocycles. The number of carbonyl (C=O) groups is 9. The highest BCUT2D eigenvalue weighted by Gasteiger charge is 2.43. The van der Waals surface area contributed by atoms with E-state index in [1.165, 1.54) is 9.80 Å². The third-order valence-electron chi connectivity index (χ3n) is 10.7. The fourth-order valence-electron chi connectivity index (χ4n) is 7.11. The Bertz CT molecular complexity index is 1440. The molecule has 3 fully saturated rings. The molecule has 0 radical (unpaired) electrons. The first-order chi connectivity index (χ1) is 26.1. The Morgan fingerprint density at radius 1 is 0.673 bits per heavy atom. The number of likely N-dealkylation sites (tertiary alicyclic amines) is 2. The number of nitrogens with zero attached hydrogens (tertiary/aromatic N) is 2. The number of hydrogen-bond donors (Lipinski definition) is 8. The van der Waals surface area contributed by atoms with Crippen molar-refractivity contribution >= 4 is 53.3 Å². The van der Waals surface area contributed by atoms with Crippen molar-refractivity contribution in [1.29, 1.82) is 0 Å². The van der Waals surface area contributed by atoms with Gasteiger partial charge in [-0.2, -0.15) is 0 Å². The van der Waals surface area contributed by atoms with Crippen LogP contribution in [0.1, 0.15) is 91.9 Å². The van der Waals surface area contributed by atoms with Gasteiger partial charge in [-0.25, -0.2) is 0 Å². The van der Waals surface area contributed by atoms with Crippen molar-refractivity contribution in [3.63, 3.8) is 0 Å². The molecule has 55 heavy (non-hydrogen) atoms. The van der Waals surface area contributed by atoms with E-state index in [2.05, 4.69) is 31.9 Å². The smallest absolute Gasteiger partial charge is 0.322 e. The van der Waals surface area contributed by atoms with E-state index < -0.39 is 109 Å². The summed E-state index contributed by atoms with van der Waals surface area (Å²) in [6, 6.07) is -5.80. The Hall–Kier alpha value is -4.81. The van der Waals surface area contributed by atoms with Gasteiger partial charge in [-0.05, 0) is 63.3 Å². The fraction of sp³-hybridized carbons (Fsp3) is 0.750. The number of amides is 7. The first kappa shape index (κ1) is 44.6. The van der Waals surface area contributed by atoms with E-state index >= 15 is 0 Å². The highest BCUT2D eigenvalue weighted by Crippen LogP contribution is 2.24. The zero-order valence-corrected chi connectivity index (χ0v) is 32.2. The molecular formula is C36H58N8O11. The Morgan fingerprint density at radius 2 is 1.24 bits per heavy atom. The molecule has 3 aliphatic heterocycles.